The van der Waals surface area contributed by atoms with E-state index in [1.54, 1.807) is 7.11 Å². The molecule has 1 aliphatic heterocycles. The third kappa shape index (κ3) is 1.80. The van der Waals surface area contributed by atoms with E-state index in [4.69, 9.17) is 22.1 Å². The van der Waals surface area contributed by atoms with Crippen molar-refractivity contribution in [2.45, 2.75) is 24.3 Å². The molecular formula is C7H13BO4. The second kappa shape index (κ2) is 4.23. The van der Waals surface area contributed by atoms with E-state index in [0.29, 0.717) is 6.61 Å². The summed E-state index contributed by atoms with van der Waals surface area (Å²) in [6, 6.07) is -0.565. The second-order valence-electron chi connectivity index (χ2n) is 2.79. The van der Waals surface area contributed by atoms with Gasteiger partial charge in [0, 0.05) is 20.2 Å². The van der Waals surface area contributed by atoms with E-state index in [-0.39, 0.29) is 6.10 Å². The molecule has 0 amide bonds. The first-order valence-corrected chi connectivity index (χ1v) is 3.81. The van der Waals surface area contributed by atoms with Crippen LogP contribution in [0, 0.1) is 0 Å². The topological polar surface area (TPSA) is 47.9 Å². The minimum absolute atomic E-state index is 0.328. The summed E-state index contributed by atoms with van der Waals surface area (Å²) in [6.07, 6.45) is -1.54. The van der Waals surface area contributed by atoms with Crippen LogP contribution < -0.4 is 0 Å². The van der Waals surface area contributed by atoms with E-state index in [1.807, 2.05) is 0 Å². The predicted molar refractivity (Wildman–Crippen MR) is 43.1 cm³/mol. The van der Waals surface area contributed by atoms with E-state index in [9.17, 15) is 5.11 Å². The Morgan fingerprint density at radius 1 is 1.50 bits per heavy atom. The third-order valence-corrected chi connectivity index (χ3v) is 1.98. The number of methoxy groups -OCH3 is 2. The van der Waals surface area contributed by atoms with Crippen molar-refractivity contribution in [3.8, 4) is 0 Å². The van der Waals surface area contributed by atoms with Crippen LogP contribution in [0.2, 0.25) is 0 Å². The molecule has 1 heterocycles. The summed E-state index contributed by atoms with van der Waals surface area (Å²) in [5, 5.41) is 9.54. The SMILES string of the molecule is [B][C@@H]1O[C@H](COC)C(O)C1OC. The highest BCUT2D eigenvalue weighted by Gasteiger charge is 2.40. The Morgan fingerprint density at radius 3 is 2.58 bits per heavy atom. The van der Waals surface area contributed by atoms with Gasteiger partial charge in [0.15, 0.2) is 0 Å². The van der Waals surface area contributed by atoms with Crippen LogP contribution in [-0.4, -0.2) is 58.1 Å². The average molecular weight is 172 g/mol. The van der Waals surface area contributed by atoms with Crippen molar-refractivity contribution < 1.29 is 19.3 Å². The smallest absolute Gasteiger partial charge is 0.112 e. The van der Waals surface area contributed by atoms with Crippen molar-refractivity contribution in [1.82, 2.24) is 0 Å². The fourth-order valence-electron chi connectivity index (χ4n) is 1.34. The monoisotopic (exact) mass is 172 g/mol. The quantitative estimate of drug-likeness (QED) is 0.549. The molecule has 4 nitrogen and oxygen atoms in total. The zero-order valence-corrected chi connectivity index (χ0v) is 7.27. The number of rotatable bonds is 3. The minimum atomic E-state index is -0.704. The maximum Gasteiger partial charge on any atom is 0.112 e. The van der Waals surface area contributed by atoms with Gasteiger partial charge in [-0.1, -0.05) is 0 Å². The van der Waals surface area contributed by atoms with Gasteiger partial charge in [-0.15, -0.1) is 0 Å². The molecule has 12 heavy (non-hydrogen) atoms. The van der Waals surface area contributed by atoms with Crippen molar-refractivity contribution in [2.75, 3.05) is 20.8 Å². The molecule has 1 saturated heterocycles. The van der Waals surface area contributed by atoms with Gasteiger partial charge in [-0.25, -0.2) is 0 Å². The molecule has 0 aromatic rings. The van der Waals surface area contributed by atoms with Crippen LogP contribution >= 0.6 is 0 Å². The third-order valence-electron chi connectivity index (χ3n) is 1.98. The molecule has 4 atom stereocenters. The predicted octanol–water partition coefficient (Wildman–Crippen LogP) is -1.10. The molecule has 0 spiro atoms. The number of hydrogen-bond acceptors (Lipinski definition) is 4. The standard InChI is InChI=1S/C7H13BO4/c1-10-3-4-5(9)6(11-2)7(8)12-4/h4-7,9H,3H2,1-2H3/t4-,5?,6?,7-/m1/s1. The molecule has 1 aliphatic rings. The van der Waals surface area contributed by atoms with E-state index in [2.05, 4.69) is 0 Å². The summed E-state index contributed by atoms with van der Waals surface area (Å²) in [7, 11) is 8.57. The molecule has 0 aromatic carbocycles. The summed E-state index contributed by atoms with van der Waals surface area (Å²) in [5.74, 6) is 0. The van der Waals surface area contributed by atoms with Crippen molar-refractivity contribution >= 4 is 7.85 Å². The van der Waals surface area contributed by atoms with Gasteiger partial charge in [0.05, 0.1) is 6.61 Å². The van der Waals surface area contributed by atoms with Gasteiger partial charge in [0.25, 0.3) is 0 Å². The molecule has 2 radical (unpaired) electrons. The first-order valence-electron chi connectivity index (χ1n) is 3.81. The van der Waals surface area contributed by atoms with Gasteiger partial charge < -0.3 is 19.3 Å². The Balaban J connectivity index is 2.49. The van der Waals surface area contributed by atoms with Crippen molar-refractivity contribution in [2.24, 2.45) is 0 Å². The van der Waals surface area contributed by atoms with E-state index in [0.717, 1.165) is 0 Å². The molecule has 0 saturated carbocycles. The summed E-state index contributed by atoms with van der Waals surface area (Å²) in [6.45, 7) is 0.328. The number of aliphatic hydroxyl groups is 1. The van der Waals surface area contributed by atoms with Gasteiger partial charge in [0.2, 0.25) is 0 Å². The Labute approximate surface area is 73.2 Å². The highest BCUT2D eigenvalue weighted by atomic mass is 16.6. The molecule has 2 unspecified atom stereocenters. The van der Waals surface area contributed by atoms with Crippen LogP contribution in [0.25, 0.3) is 0 Å². The van der Waals surface area contributed by atoms with Crippen LogP contribution in [0.5, 0.6) is 0 Å². The van der Waals surface area contributed by atoms with Gasteiger partial charge in [-0.3, -0.25) is 0 Å². The Bertz CT molecular complexity index is 143. The molecule has 0 aliphatic carbocycles. The van der Waals surface area contributed by atoms with Gasteiger partial charge in [0.1, 0.15) is 26.2 Å². The fraction of sp³-hybridized carbons (Fsp3) is 1.00. The van der Waals surface area contributed by atoms with Crippen LogP contribution in [-0.2, 0) is 14.2 Å². The molecule has 68 valence electrons. The van der Waals surface area contributed by atoms with Crippen LogP contribution in [0.3, 0.4) is 0 Å². The molecule has 1 fully saturated rings. The fourth-order valence-corrected chi connectivity index (χ4v) is 1.34. The highest BCUT2D eigenvalue weighted by molar-refractivity contribution is 6.11. The normalized spacial score (nSPS) is 41.9. The average Bonchev–Trinajstić information content (AvgIpc) is 2.29. The van der Waals surface area contributed by atoms with Crippen molar-refractivity contribution in [3.63, 3.8) is 0 Å². The summed E-state index contributed by atoms with van der Waals surface area (Å²) >= 11 is 0. The van der Waals surface area contributed by atoms with Crippen LogP contribution in [0.15, 0.2) is 0 Å². The molecule has 0 aromatic heterocycles. The summed E-state index contributed by atoms with van der Waals surface area (Å²) < 4.78 is 15.0. The molecular weight excluding hydrogens is 159 g/mol. The first-order chi connectivity index (χ1) is 5.70. The minimum Gasteiger partial charge on any atom is -0.388 e. The van der Waals surface area contributed by atoms with Crippen molar-refractivity contribution in [3.05, 3.63) is 0 Å². The number of aliphatic hydroxyl groups excluding tert-OH is 1. The molecule has 1 rings (SSSR count). The lowest BCUT2D eigenvalue weighted by Gasteiger charge is -2.16. The summed E-state index contributed by atoms with van der Waals surface area (Å²) in [4.78, 5) is 0. The number of hydrogen-bond donors (Lipinski definition) is 1. The lowest BCUT2D eigenvalue weighted by atomic mass is 9.93. The first kappa shape index (κ1) is 9.99. The summed E-state index contributed by atoms with van der Waals surface area (Å²) in [5.41, 5.74) is 0. The Kier molecular flexibility index (Phi) is 3.52. The lowest BCUT2D eigenvalue weighted by molar-refractivity contribution is -0.0247. The molecule has 1 N–H and O–H groups in total. The maximum absolute atomic E-state index is 9.54. The maximum atomic E-state index is 9.54. The van der Waals surface area contributed by atoms with E-state index < -0.39 is 18.2 Å². The molecule has 0 bridgehead atoms. The Morgan fingerprint density at radius 2 is 2.17 bits per heavy atom. The van der Waals surface area contributed by atoms with Gasteiger partial charge in [-0.05, 0) is 0 Å². The van der Waals surface area contributed by atoms with Crippen LogP contribution in [0.1, 0.15) is 0 Å². The zero-order valence-electron chi connectivity index (χ0n) is 7.27. The highest BCUT2D eigenvalue weighted by Crippen LogP contribution is 2.21. The second-order valence-corrected chi connectivity index (χ2v) is 2.79. The van der Waals surface area contributed by atoms with Crippen LogP contribution in [0.4, 0.5) is 0 Å². The van der Waals surface area contributed by atoms with Gasteiger partial charge >= 0.3 is 0 Å². The van der Waals surface area contributed by atoms with E-state index >= 15 is 0 Å². The zero-order chi connectivity index (χ0) is 9.14. The van der Waals surface area contributed by atoms with E-state index in [1.165, 1.54) is 7.11 Å². The number of ether oxygens (including phenoxy) is 3. The Hall–Kier alpha value is -0.0951. The molecule has 5 heteroatoms. The van der Waals surface area contributed by atoms with Crippen molar-refractivity contribution in [1.29, 1.82) is 0 Å². The lowest BCUT2D eigenvalue weighted by Crippen LogP contribution is -2.35. The van der Waals surface area contributed by atoms with Gasteiger partial charge in [-0.2, -0.15) is 0 Å². The largest absolute Gasteiger partial charge is 0.388 e.